The molecule has 2 rings (SSSR count). The van der Waals surface area contributed by atoms with Crippen molar-refractivity contribution in [2.75, 3.05) is 5.88 Å². The number of rotatable bonds is 1. The minimum Gasteiger partial charge on any atom is -0.361 e. The van der Waals surface area contributed by atoms with E-state index in [2.05, 4.69) is 4.98 Å². The molecule has 0 unspecified atom stereocenters. The van der Waals surface area contributed by atoms with Crippen LogP contribution in [-0.2, 0) is 9.59 Å². The van der Waals surface area contributed by atoms with Crippen LogP contribution >= 0.6 is 11.6 Å². The fourth-order valence-electron chi connectivity index (χ4n) is 1.30. The number of aldehydes is 2. The van der Waals surface area contributed by atoms with Gasteiger partial charge in [0.05, 0.1) is 0 Å². The Morgan fingerprint density at radius 1 is 1.33 bits per heavy atom. The van der Waals surface area contributed by atoms with Crippen LogP contribution in [0, 0.1) is 12.7 Å². The van der Waals surface area contributed by atoms with Crippen LogP contribution in [0.25, 0.3) is 10.9 Å². The molecule has 3 nitrogen and oxygen atoms in total. The number of nitrogens with one attached hydrogen (secondary N) is 1. The summed E-state index contributed by atoms with van der Waals surface area (Å²) in [6.07, 6.45) is 2.20. The Hall–Kier alpha value is -1.68. The van der Waals surface area contributed by atoms with E-state index in [1.54, 1.807) is 6.07 Å². The lowest BCUT2D eigenvalue weighted by atomic mass is 10.2. The third-order valence-corrected chi connectivity index (χ3v) is 1.91. The van der Waals surface area contributed by atoms with E-state index in [4.69, 9.17) is 21.2 Å². The number of carbonyl (C=O) groups excluding carboxylic acids is 2. The van der Waals surface area contributed by atoms with E-state index >= 15 is 0 Å². The van der Waals surface area contributed by atoms with Gasteiger partial charge in [0.2, 0.25) is 0 Å². The zero-order valence-electron chi connectivity index (χ0n) is 10.2. The number of aromatic nitrogens is 1. The lowest BCUT2D eigenvalue weighted by Gasteiger charge is -1.91. The predicted octanol–water partition coefficient (Wildman–Crippen LogP) is 3.24. The summed E-state index contributed by atoms with van der Waals surface area (Å²) in [6.45, 7) is 3.78. The molecule has 1 N–H and O–H groups in total. The van der Waals surface area contributed by atoms with E-state index in [9.17, 15) is 4.39 Å². The Bertz CT molecular complexity index is 491. The summed E-state index contributed by atoms with van der Waals surface area (Å²) in [5.74, 6) is 0.571. The molecule has 1 heterocycles. The van der Waals surface area contributed by atoms with E-state index in [1.807, 2.05) is 26.1 Å². The van der Waals surface area contributed by atoms with E-state index in [0.29, 0.717) is 5.39 Å². The Kier molecular flexibility index (Phi) is 8.49. The van der Waals surface area contributed by atoms with Gasteiger partial charge in [0.15, 0.2) is 12.6 Å². The number of H-pyrrole nitrogens is 1. The van der Waals surface area contributed by atoms with Gasteiger partial charge in [-0.25, -0.2) is 4.39 Å². The van der Waals surface area contributed by atoms with Gasteiger partial charge < -0.3 is 4.98 Å². The fourth-order valence-corrected chi connectivity index (χ4v) is 1.30. The quantitative estimate of drug-likeness (QED) is 0.492. The number of fused-ring (bicyclic) bond motifs is 1. The minimum atomic E-state index is -0.152. The molecular formula is C13H15ClFNO2. The molecule has 0 aliphatic rings. The van der Waals surface area contributed by atoms with Crippen molar-refractivity contribution in [3.05, 3.63) is 35.8 Å². The highest BCUT2D eigenvalue weighted by Gasteiger charge is 2.02. The van der Waals surface area contributed by atoms with E-state index < -0.39 is 0 Å². The standard InChI is InChI=1S/C9H8FN.C2H5Cl.C2H2O2/c1-6-5-11-8-4-2-3-7(10)9(6)8;1-2-3;3-1-2-4/h2-5,11H,1H3;2H2,1H3;1-2H. The second-order valence-electron chi connectivity index (χ2n) is 3.17. The van der Waals surface area contributed by atoms with Gasteiger partial charge in [-0.1, -0.05) is 13.0 Å². The Morgan fingerprint density at radius 2 is 1.89 bits per heavy atom. The number of aryl methyl sites for hydroxylation is 1. The number of hydrogen-bond acceptors (Lipinski definition) is 2. The number of benzene rings is 1. The van der Waals surface area contributed by atoms with Gasteiger partial charge in [-0.2, -0.15) is 0 Å². The van der Waals surface area contributed by atoms with Crippen molar-refractivity contribution in [3.8, 4) is 0 Å². The first-order valence-electron chi connectivity index (χ1n) is 5.29. The molecule has 18 heavy (non-hydrogen) atoms. The highest BCUT2D eigenvalue weighted by Crippen LogP contribution is 2.19. The molecule has 0 fully saturated rings. The molecule has 0 aliphatic carbocycles. The van der Waals surface area contributed by atoms with E-state index in [0.717, 1.165) is 17.0 Å². The summed E-state index contributed by atoms with van der Waals surface area (Å²) in [4.78, 5) is 20.6. The molecule has 0 aliphatic heterocycles. The van der Waals surface area contributed by atoms with Crippen molar-refractivity contribution in [1.82, 2.24) is 4.98 Å². The lowest BCUT2D eigenvalue weighted by Crippen LogP contribution is -1.75. The molecule has 0 bridgehead atoms. The van der Waals surface area contributed by atoms with Crippen LogP contribution in [0.15, 0.2) is 24.4 Å². The van der Waals surface area contributed by atoms with Gasteiger partial charge in [0.1, 0.15) is 5.82 Å². The summed E-state index contributed by atoms with van der Waals surface area (Å²) in [5.41, 5.74) is 1.82. The third-order valence-electron chi connectivity index (χ3n) is 1.91. The molecule has 0 radical (unpaired) electrons. The van der Waals surface area contributed by atoms with Crippen LogP contribution < -0.4 is 0 Å². The van der Waals surface area contributed by atoms with Crippen LogP contribution in [-0.4, -0.2) is 23.4 Å². The topological polar surface area (TPSA) is 49.9 Å². The highest BCUT2D eigenvalue weighted by atomic mass is 35.5. The number of aromatic amines is 1. The number of alkyl halides is 1. The fraction of sp³-hybridized carbons (Fsp3) is 0.231. The zero-order valence-corrected chi connectivity index (χ0v) is 11.0. The molecule has 5 heteroatoms. The van der Waals surface area contributed by atoms with Crippen molar-refractivity contribution in [3.63, 3.8) is 0 Å². The molecule has 0 atom stereocenters. The van der Waals surface area contributed by atoms with Gasteiger partial charge in [-0.15, -0.1) is 11.6 Å². The summed E-state index contributed by atoms with van der Waals surface area (Å²) >= 11 is 5.00. The molecule has 1 aromatic carbocycles. The largest absolute Gasteiger partial charge is 0.361 e. The third kappa shape index (κ3) is 5.10. The van der Waals surface area contributed by atoms with E-state index in [1.165, 1.54) is 6.07 Å². The summed E-state index contributed by atoms with van der Waals surface area (Å²) in [5, 5.41) is 0.701. The van der Waals surface area contributed by atoms with Gasteiger partial charge in [0, 0.05) is 23.0 Å². The smallest absolute Gasteiger partial charge is 0.182 e. The van der Waals surface area contributed by atoms with Crippen molar-refractivity contribution in [2.45, 2.75) is 13.8 Å². The SMILES string of the molecule is CCCl.Cc1c[nH]c2cccc(F)c12.O=CC=O. The molecule has 0 spiro atoms. The Labute approximate surface area is 110 Å². The van der Waals surface area contributed by atoms with Crippen LogP contribution in [0.5, 0.6) is 0 Å². The van der Waals surface area contributed by atoms with Crippen molar-refractivity contribution < 1.29 is 14.0 Å². The van der Waals surface area contributed by atoms with Crippen molar-refractivity contribution >= 4 is 35.1 Å². The normalized spacial score (nSPS) is 8.67. The van der Waals surface area contributed by atoms with Gasteiger partial charge in [-0.05, 0) is 24.6 Å². The molecule has 1 aromatic heterocycles. The maximum Gasteiger partial charge on any atom is 0.182 e. The van der Waals surface area contributed by atoms with Crippen LogP contribution in [0.4, 0.5) is 4.39 Å². The van der Waals surface area contributed by atoms with Gasteiger partial charge in [-0.3, -0.25) is 9.59 Å². The molecule has 0 amide bonds. The van der Waals surface area contributed by atoms with Crippen LogP contribution in [0.3, 0.4) is 0 Å². The van der Waals surface area contributed by atoms with E-state index in [-0.39, 0.29) is 18.4 Å². The molecular weight excluding hydrogens is 257 g/mol. The van der Waals surface area contributed by atoms with Crippen LogP contribution in [0.2, 0.25) is 0 Å². The zero-order chi connectivity index (χ0) is 14.0. The monoisotopic (exact) mass is 271 g/mol. The summed E-state index contributed by atoms with van der Waals surface area (Å²) < 4.78 is 13.1. The van der Waals surface area contributed by atoms with Crippen molar-refractivity contribution in [1.29, 1.82) is 0 Å². The first-order chi connectivity index (χ1) is 8.62. The summed E-state index contributed by atoms with van der Waals surface area (Å²) in [6, 6.07) is 5.04. The second-order valence-corrected chi connectivity index (χ2v) is 3.71. The number of carbonyl (C=O) groups is 2. The average molecular weight is 272 g/mol. The molecule has 2 aromatic rings. The maximum atomic E-state index is 13.1. The van der Waals surface area contributed by atoms with Crippen LogP contribution in [0.1, 0.15) is 12.5 Å². The number of halogens is 2. The Morgan fingerprint density at radius 3 is 2.33 bits per heavy atom. The molecule has 98 valence electrons. The number of hydrogen-bond donors (Lipinski definition) is 1. The van der Waals surface area contributed by atoms with Gasteiger partial charge >= 0.3 is 0 Å². The average Bonchev–Trinajstić information content (AvgIpc) is 2.74. The van der Waals surface area contributed by atoms with Crippen molar-refractivity contribution in [2.24, 2.45) is 0 Å². The Balaban J connectivity index is 0.000000351. The maximum absolute atomic E-state index is 13.1. The lowest BCUT2D eigenvalue weighted by molar-refractivity contribution is -0.122. The minimum absolute atomic E-state index is 0.152. The highest BCUT2D eigenvalue weighted by molar-refractivity contribution is 6.17. The summed E-state index contributed by atoms with van der Waals surface area (Å²) in [7, 11) is 0. The molecule has 0 saturated heterocycles. The predicted molar refractivity (Wildman–Crippen MR) is 71.5 cm³/mol. The first-order valence-corrected chi connectivity index (χ1v) is 5.82. The van der Waals surface area contributed by atoms with Gasteiger partial charge in [0.25, 0.3) is 0 Å². The molecule has 0 saturated carbocycles. The second kappa shape index (κ2) is 9.36. The first kappa shape index (κ1) is 16.3.